The first-order valence-electron chi connectivity index (χ1n) is 16.9. The molecule has 0 N–H and O–H groups in total. The summed E-state index contributed by atoms with van der Waals surface area (Å²) in [7, 11) is 0. The van der Waals surface area contributed by atoms with E-state index in [-0.39, 0.29) is 0 Å². The van der Waals surface area contributed by atoms with Crippen LogP contribution in [0.2, 0.25) is 0 Å². The third-order valence-corrected chi connectivity index (χ3v) is 9.65. The summed E-state index contributed by atoms with van der Waals surface area (Å²) in [6.45, 7) is 0. The van der Waals surface area contributed by atoms with E-state index < -0.39 is 0 Å². The van der Waals surface area contributed by atoms with Crippen molar-refractivity contribution in [1.29, 1.82) is 0 Å². The van der Waals surface area contributed by atoms with Crippen LogP contribution in [0.25, 0.3) is 65.7 Å². The van der Waals surface area contributed by atoms with Crippen LogP contribution in [-0.4, -0.2) is 0 Å². The van der Waals surface area contributed by atoms with E-state index in [9.17, 15) is 0 Å². The second-order valence-electron chi connectivity index (χ2n) is 12.5. The van der Waals surface area contributed by atoms with Crippen LogP contribution in [0.4, 0.5) is 17.1 Å². The molecule has 0 unspecified atom stereocenters. The summed E-state index contributed by atoms with van der Waals surface area (Å²) in [5.74, 6) is 0. The number of para-hydroxylation sites is 1. The zero-order valence-electron chi connectivity index (χ0n) is 27.0. The average Bonchev–Trinajstić information content (AvgIpc) is 3.18. The third kappa shape index (κ3) is 5.23. The lowest BCUT2D eigenvalue weighted by Crippen LogP contribution is -2.09. The quantitative estimate of drug-likeness (QED) is 0.167. The summed E-state index contributed by atoms with van der Waals surface area (Å²) in [5, 5.41) is 7.61. The molecule has 0 saturated heterocycles. The fraction of sp³-hybridized carbons (Fsp3) is 0. The van der Waals surface area contributed by atoms with Crippen molar-refractivity contribution in [3.63, 3.8) is 0 Å². The van der Waals surface area contributed by atoms with Crippen molar-refractivity contribution in [2.75, 3.05) is 4.90 Å². The molecule has 0 bridgehead atoms. The molecule has 0 aliphatic rings. The van der Waals surface area contributed by atoms with Crippen LogP contribution in [0.15, 0.2) is 200 Å². The largest absolute Gasteiger partial charge is 0.311 e. The fourth-order valence-electron chi connectivity index (χ4n) is 7.33. The third-order valence-electron chi connectivity index (χ3n) is 9.65. The molecule has 0 aromatic heterocycles. The minimum atomic E-state index is 1.11. The lowest BCUT2D eigenvalue weighted by molar-refractivity contribution is 1.28. The van der Waals surface area contributed by atoms with Crippen LogP contribution in [0.3, 0.4) is 0 Å². The van der Waals surface area contributed by atoms with E-state index in [1.165, 1.54) is 65.7 Å². The Kier molecular flexibility index (Phi) is 7.22. The zero-order chi connectivity index (χ0) is 32.6. The van der Waals surface area contributed by atoms with Gasteiger partial charge in [-0.05, 0) is 108 Å². The van der Waals surface area contributed by atoms with Gasteiger partial charge in [0, 0.05) is 17.1 Å². The maximum atomic E-state index is 2.37. The molecule has 0 aliphatic heterocycles. The Labute approximate surface area is 287 Å². The molecule has 9 rings (SSSR count). The van der Waals surface area contributed by atoms with Crippen molar-refractivity contribution in [2.45, 2.75) is 0 Å². The summed E-state index contributed by atoms with van der Waals surface area (Å²) in [6, 6.07) is 72.3. The molecule has 49 heavy (non-hydrogen) atoms. The summed E-state index contributed by atoms with van der Waals surface area (Å²) in [5.41, 5.74) is 10.7. The average molecular weight is 624 g/mol. The van der Waals surface area contributed by atoms with Crippen LogP contribution in [-0.2, 0) is 0 Å². The molecule has 9 aromatic rings. The molecule has 0 aliphatic carbocycles. The maximum Gasteiger partial charge on any atom is 0.0462 e. The number of fused-ring (bicyclic) bond motifs is 4. The van der Waals surface area contributed by atoms with E-state index in [0.29, 0.717) is 0 Å². The van der Waals surface area contributed by atoms with Gasteiger partial charge in [-0.2, -0.15) is 0 Å². The van der Waals surface area contributed by atoms with Crippen LogP contribution >= 0.6 is 0 Å². The monoisotopic (exact) mass is 623 g/mol. The van der Waals surface area contributed by atoms with Gasteiger partial charge in [0.1, 0.15) is 0 Å². The van der Waals surface area contributed by atoms with Gasteiger partial charge in [-0.3, -0.25) is 0 Å². The minimum Gasteiger partial charge on any atom is -0.311 e. The van der Waals surface area contributed by atoms with E-state index in [1.54, 1.807) is 0 Å². The van der Waals surface area contributed by atoms with Gasteiger partial charge in [-0.1, -0.05) is 158 Å². The molecule has 0 amide bonds. The number of rotatable bonds is 6. The molecule has 0 spiro atoms. The standard InChI is InChI=1S/C48H33N/c1-3-13-34(14-4-1)35-25-29-40(30-26-35)49(39-18-5-2-6-19-39)41-31-27-36(28-32-41)43-23-11-16-37-17-12-24-46(48(37)43)47-33-38-15-7-8-20-42(38)44-21-9-10-22-45(44)47/h1-33H. The van der Waals surface area contributed by atoms with E-state index in [4.69, 9.17) is 0 Å². The summed E-state index contributed by atoms with van der Waals surface area (Å²) >= 11 is 0. The Morgan fingerprint density at radius 3 is 1.45 bits per heavy atom. The first-order chi connectivity index (χ1) is 24.3. The SMILES string of the molecule is c1ccc(-c2ccc(N(c3ccccc3)c3ccc(-c4cccc5cccc(-c6cc7ccccc7c7ccccc67)c45)cc3)cc2)cc1. The topological polar surface area (TPSA) is 3.24 Å². The van der Waals surface area contributed by atoms with Crippen molar-refractivity contribution in [3.05, 3.63) is 200 Å². The molecule has 0 heterocycles. The van der Waals surface area contributed by atoms with Crippen LogP contribution in [0.1, 0.15) is 0 Å². The Bertz CT molecular complexity index is 2560. The second kappa shape index (κ2) is 12.3. The van der Waals surface area contributed by atoms with Gasteiger partial charge in [0.15, 0.2) is 0 Å². The van der Waals surface area contributed by atoms with Crippen molar-refractivity contribution in [3.8, 4) is 33.4 Å². The predicted molar refractivity (Wildman–Crippen MR) is 210 cm³/mol. The Morgan fingerprint density at radius 2 is 0.755 bits per heavy atom. The fourth-order valence-corrected chi connectivity index (χ4v) is 7.33. The first kappa shape index (κ1) is 28.8. The highest BCUT2D eigenvalue weighted by Gasteiger charge is 2.16. The highest BCUT2D eigenvalue weighted by molar-refractivity contribution is 6.17. The molecule has 0 radical (unpaired) electrons. The number of hydrogen-bond acceptors (Lipinski definition) is 1. The van der Waals surface area contributed by atoms with Gasteiger partial charge in [-0.25, -0.2) is 0 Å². The van der Waals surface area contributed by atoms with E-state index in [2.05, 4.69) is 205 Å². The van der Waals surface area contributed by atoms with Gasteiger partial charge < -0.3 is 4.90 Å². The van der Waals surface area contributed by atoms with Crippen LogP contribution < -0.4 is 4.90 Å². The van der Waals surface area contributed by atoms with Crippen molar-refractivity contribution < 1.29 is 0 Å². The molecule has 9 aromatic carbocycles. The number of anilines is 3. The van der Waals surface area contributed by atoms with Gasteiger partial charge in [0.05, 0.1) is 0 Å². The van der Waals surface area contributed by atoms with Gasteiger partial charge in [-0.15, -0.1) is 0 Å². The lowest BCUT2D eigenvalue weighted by Gasteiger charge is -2.26. The Hall–Kier alpha value is -6.44. The minimum absolute atomic E-state index is 1.11. The smallest absolute Gasteiger partial charge is 0.0462 e. The van der Waals surface area contributed by atoms with Crippen molar-refractivity contribution in [2.24, 2.45) is 0 Å². The van der Waals surface area contributed by atoms with Gasteiger partial charge in [0.2, 0.25) is 0 Å². The van der Waals surface area contributed by atoms with E-state index in [0.717, 1.165) is 17.1 Å². The summed E-state index contributed by atoms with van der Waals surface area (Å²) in [4.78, 5) is 2.33. The molecular weight excluding hydrogens is 591 g/mol. The highest BCUT2D eigenvalue weighted by atomic mass is 15.1. The Morgan fingerprint density at radius 1 is 0.265 bits per heavy atom. The molecule has 0 atom stereocenters. The lowest BCUT2D eigenvalue weighted by atomic mass is 9.88. The zero-order valence-corrected chi connectivity index (χ0v) is 27.0. The number of benzene rings is 9. The van der Waals surface area contributed by atoms with E-state index >= 15 is 0 Å². The normalized spacial score (nSPS) is 11.3. The van der Waals surface area contributed by atoms with Gasteiger partial charge in [0.25, 0.3) is 0 Å². The summed E-state index contributed by atoms with van der Waals surface area (Å²) < 4.78 is 0. The van der Waals surface area contributed by atoms with E-state index in [1.807, 2.05) is 0 Å². The van der Waals surface area contributed by atoms with Crippen molar-refractivity contribution in [1.82, 2.24) is 0 Å². The molecule has 0 fully saturated rings. The number of nitrogens with zero attached hydrogens (tertiary/aromatic N) is 1. The van der Waals surface area contributed by atoms with Crippen LogP contribution in [0.5, 0.6) is 0 Å². The molecule has 1 nitrogen and oxygen atoms in total. The maximum absolute atomic E-state index is 2.37. The first-order valence-corrected chi connectivity index (χ1v) is 16.9. The summed E-state index contributed by atoms with van der Waals surface area (Å²) in [6.07, 6.45) is 0. The van der Waals surface area contributed by atoms with Crippen LogP contribution in [0, 0.1) is 0 Å². The molecule has 230 valence electrons. The molecule has 0 saturated carbocycles. The Balaban J connectivity index is 1.16. The van der Waals surface area contributed by atoms with Crippen molar-refractivity contribution >= 4 is 49.4 Å². The second-order valence-corrected chi connectivity index (χ2v) is 12.5. The molecule has 1 heteroatoms. The highest BCUT2D eigenvalue weighted by Crippen LogP contribution is 2.42. The van der Waals surface area contributed by atoms with Gasteiger partial charge >= 0.3 is 0 Å². The number of hydrogen-bond donors (Lipinski definition) is 0. The predicted octanol–water partition coefficient (Wildman–Crippen LogP) is 13.6. The molecular formula is C48H33N.